The molecule has 0 spiro atoms. The first-order chi connectivity index (χ1) is 14.3. The van der Waals surface area contributed by atoms with Crippen LogP contribution >= 0.6 is 35.0 Å². The molecule has 3 rings (SSSR count). The zero-order valence-corrected chi connectivity index (χ0v) is 18.6. The Morgan fingerprint density at radius 1 is 0.967 bits per heavy atom. The molecular formula is C20H19Cl2N5O2S. The van der Waals surface area contributed by atoms with Gasteiger partial charge in [-0.05, 0) is 36.8 Å². The number of thioether (sulfide) groups is 1. The van der Waals surface area contributed by atoms with Crippen molar-refractivity contribution in [2.45, 2.75) is 18.5 Å². The van der Waals surface area contributed by atoms with Crippen molar-refractivity contribution in [2.24, 2.45) is 7.05 Å². The van der Waals surface area contributed by atoms with Gasteiger partial charge in [-0.1, -0.05) is 53.2 Å². The Bertz CT molecular complexity index is 1090. The standard InChI is InChI=1S/C20H19Cl2N5O2S/c1-12-13(21)7-5-9-15(12)23-19(29)11-30-20-26-25-17(27(20)2)10-18(28)24-16-8-4-3-6-14(16)22/h3-9H,10-11H2,1-2H3,(H,23,29)(H,24,28). The van der Waals surface area contributed by atoms with Gasteiger partial charge in [-0.15, -0.1) is 10.2 Å². The minimum Gasteiger partial charge on any atom is -0.325 e. The van der Waals surface area contributed by atoms with Crippen molar-refractivity contribution in [1.82, 2.24) is 14.8 Å². The van der Waals surface area contributed by atoms with Gasteiger partial charge in [-0.25, -0.2) is 0 Å². The molecule has 0 aliphatic carbocycles. The molecule has 10 heteroatoms. The van der Waals surface area contributed by atoms with Crippen molar-refractivity contribution in [3.8, 4) is 0 Å². The predicted octanol–water partition coefficient (Wildman–Crippen LogP) is 4.34. The highest BCUT2D eigenvalue weighted by atomic mass is 35.5. The molecule has 1 aromatic heterocycles. The Morgan fingerprint density at radius 3 is 2.40 bits per heavy atom. The number of hydrogen-bond donors (Lipinski definition) is 2. The van der Waals surface area contributed by atoms with Crippen LogP contribution in [-0.2, 0) is 23.1 Å². The molecule has 7 nitrogen and oxygen atoms in total. The zero-order valence-electron chi connectivity index (χ0n) is 16.3. The number of para-hydroxylation sites is 1. The monoisotopic (exact) mass is 463 g/mol. The fraction of sp³-hybridized carbons (Fsp3) is 0.200. The van der Waals surface area contributed by atoms with Crippen LogP contribution in [0, 0.1) is 6.92 Å². The van der Waals surface area contributed by atoms with E-state index in [9.17, 15) is 9.59 Å². The van der Waals surface area contributed by atoms with Gasteiger partial charge in [0.2, 0.25) is 11.8 Å². The lowest BCUT2D eigenvalue weighted by atomic mass is 10.2. The summed E-state index contributed by atoms with van der Waals surface area (Å²) < 4.78 is 1.69. The Labute approximate surface area is 188 Å². The summed E-state index contributed by atoms with van der Waals surface area (Å²) in [6.07, 6.45) is 0.0309. The third-order valence-electron chi connectivity index (χ3n) is 4.27. The first-order valence-electron chi connectivity index (χ1n) is 8.95. The second-order valence-corrected chi connectivity index (χ2v) is 8.17. The minimum atomic E-state index is -0.260. The normalized spacial score (nSPS) is 10.7. The number of hydrogen-bond acceptors (Lipinski definition) is 5. The van der Waals surface area contributed by atoms with Crippen molar-refractivity contribution in [1.29, 1.82) is 0 Å². The van der Waals surface area contributed by atoms with Crippen LogP contribution in [0.1, 0.15) is 11.4 Å². The molecule has 0 unspecified atom stereocenters. The lowest BCUT2D eigenvalue weighted by Gasteiger charge is -2.09. The molecule has 2 amide bonds. The van der Waals surface area contributed by atoms with Gasteiger partial charge < -0.3 is 15.2 Å². The number of benzene rings is 2. The number of halogens is 2. The van der Waals surface area contributed by atoms with Gasteiger partial charge in [-0.3, -0.25) is 9.59 Å². The van der Waals surface area contributed by atoms with Crippen LogP contribution in [0.15, 0.2) is 47.6 Å². The quantitative estimate of drug-likeness (QED) is 0.508. The molecule has 0 atom stereocenters. The maximum absolute atomic E-state index is 12.3. The molecule has 30 heavy (non-hydrogen) atoms. The van der Waals surface area contributed by atoms with Crippen molar-refractivity contribution in [3.63, 3.8) is 0 Å². The van der Waals surface area contributed by atoms with E-state index >= 15 is 0 Å². The Morgan fingerprint density at radius 2 is 1.63 bits per heavy atom. The van der Waals surface area contributed by atoms with Gasteiger partial charge in [-0.2, -0.15) is 0 Å². The van der Waals surface area contributed by atoms with Gasteiger partial charge in [0.25, 0.3) is 0 Å². The van der Waals surface area contributed by atoms with Crippen molar-refractivity contribution >= 4 is 58.2 Å². The number of amides is 2. The molecule has 0 saturated heterocycles. The summed E-state index contributed by atoms with van der Waals surface area (Å²) in [4.78, 5) is 24.6. The highest BCUT2D eigenvalue weighted by Crippen LogP contribution is 2.24. The third kappa shape index (κ3) is 5.53. The highest BCUT2D eigenvalue weighted by molar-refractivity contribution is 7.99. The maximum Gasteiger partial charge on any atom is 0.234 e. The fourth-order valence-corrected chi connectivity index (χ4v) is 3.67. The first-order valence-corrected chi connectivity index (χ1v) is 10.7. The summed E-state index contributed by atoms with van der Waals surface area (Å²) in [6.45, 7) is 1.84. The molecule has 2 N–H and O–H groups in total. The minimum absolute atomic E-state index is 0.0309. The zero-order chi connectivity index (χ0) is 21.7. The average Bonchev–Trinajstić information content (AvgIpc) is 3.05. The number of nitrogens with one attached hydrogen (secondary N) is 2. The van der Waals surface area contributed by atoms with E-state index in [1.54, 1.807) is 54.1 Å². The topological polar surface area (TPSA) is 88.9 Å². The molecule has 1 heterocycles. The lowest BCUT2D eigenvalue weighted by molar-refractivity contribution is -0.116. The summed E-state index contributed by atoms with van der Waals surface area (Å²) in [6, 6.07) is 12.3. The van der Waals surface area contributed by atoms with Crippen LogP contribution in [0.2, 0.25) is 10.0 Å². The van der Waals surface area contributed by atoms with E-state index in [2.05, 4.69) is 20.8 Å². The number of anilines is 2. The van der Waals surface area contributed by atoms with E-state index in [0.29, 0.717) is 32.4 Å². The van der Waals surface area contributed by atoms with Gasteiger partial charge in [0.15, 0.2) is 5.16 Å². The number of carbonyl (C=O) groups excluding carboxylic acids is 2. The van der Waals surface area contributed by atoms with Gasteiger partial charge in [0.1, 0.15) is 5.82 Å². The van der Waals surface area contributed by atoms with Gasteiger partial charge in [0, 0.05) is 17.8 Å². The average molecular weight is 464 g/mol. The summed E-state index contributed by atoms with van der Waals surface area (Å²) in [5, 5.41) is 15.3. The molecule has 2 aromatic carbocycles. The van der Waals surface area contributed by atoms with E-state index in [1.165, 1.54) is 11.8 Å². The summed E-state index contributed by atoms with van der Waals surface area (Å²) in [7, 11) is 1.75. The lowest BCUT2D eigenvalue weighted by Crippen LogP contribution is -2.17. The van der Waals surface area contributed by atoms with E-state index in [0.717, 1.165) is 5.56 Å². The number of nitrogens with zero attached hydrogens (tertiary/aromatic N) is 3. The second-order valence-electron chi connectivity index (χ2n) is 6.41. The molecular weight excluding hydrogens is 445 g/mol. The van der Waals surface area contributed by atoms with Crippen LogP contribution in [0.5, 0.6) is 0 Å². The molecule has 0 saturated carbocycles. The van der Waals surface area contributed by atoms with Crippen LogP contribution in [0.3, 0.4) is 0 Å². The van der Waals surface area contributed by atoms with E-state index in [1.807, 2.05) is 6.92 Å². The SMILES string of the molecule is Cc1c(Cl)cccc1NC(=O)CSc1nnc(CC(=O)Nc2ccccc2Cl)n1C. The van der Waals surface area contributed by atoms with Gasteiger partial charge >= 0.3 is 0 Å². The fourth-order valence-electron chi connectivity index (χ4n) is 2.58. The summed E-state index contributed by atoms with van der Waals surface area (Å²) in [5.74, 6) is 0.174. The molecule has 0 aliphatic heterocycles. The number of aromatic nitrogens is 3. The molecule has 156 valence electrons. The van der Waals surface area contributed by atoms with Crippen molar-refractivity contribution in [2.75, 3.05) is 16.4 Å². The largest absolute Gasteiger partial charge is 0.325 e. The van der Waals surface area contributed by atoms with Crippen molar-refractivity contribution in [3.05, 3.63) is 63.9 Å². The number of rotatable bonds is 7. The van der Waals surface area contributed by atoms with Crippen LogP contribution in [0.4, 0.5) is 11.4 Å². The first kappa shape index (κ1) is 22.1. The highest BCUT2D eigenvalue weighted by Gasteiger charge is 2.15. The maximum atomic E-state index is 12.3. The van der Waals surface area contributed by atoms with E-state index < -0.39 is 0 Å². The van der Waals surface area contributed by atoms with E-state index in [4.69, 9.17) is 23.2 Å². The smallest absolute Gasteiger partial charge is 0.234 e. The Hall–Kier alpha value is -2.55. The van der Waals surface area contributed by atoms with Crippen LogP contribution in [0.25, 0.3) is 0 Å². The van der Waals surface area contributed by atoms with Crippen LogP contribution < -0.4 is 10.6 Å². The van der Waals surface area contributed by atoms with E-state index in [-0.39, 0.29) is 24.0 Å². The van der Waals surface area contributed by atoms with Crippen molar-refractivity contribution < 1.29 is 9.59 Å². The van der Waals surface area contributed by atoms with Crippen LogP contribution in [-0.4, -0.2) is 32.3 Å². The molecule has 0 bridgehead atoms. The molecule has 0 fully saturated rings. The number of carbonyl (C=O) groups is 2. The second kappa shape index (κ2) is 9.97. The third-order valence-corrected chi connectivity index (χ3v) is 6.03. The Balaban J connectivity index is 1.56. The van der Waals surface area contributed by atoms with Gasteiger partial charge in [0.05, 0.1) is 22.9 Å². The molecule has 3 aromatic rings. The molecule has 0 radical (unpaired) electrons. The Kier molecular flexibility index (Phi) is 7.36. The molecule has 0 aliphatic rings. The predicted molar refractivity (Wildman–Crippen MR) is 120 cm³/mol. The summed E-state index contributed by atoms with van der Waals surface area (Å²) in [5.41, 5.74) is 2.01. The summed E-state index contributed by atoms with van der Waals surface area (Å²) >= 11 is 13.4.